The number of aryl methyl sites for hydroxylation is 3. The number of aromatic nitrogens is 2. The van der Waals surface area contributed by atoms with E-state index in [2.05, 4.69) is 16.3 Å². The van der Waals surface area contributed by atoms with Gasteiger partial charge in [0.25, 0.3) is 0 Å². The zero-order chi connectivity index (χ0) is 14.4. The van der Waals surface area contributed by atoms with Crippen molar-refractivity contribution in [2.24, 2.45) is 0 Å². The Morgan fingerprint density at radius 1 is 1.25 bits per heavy atom. The Hall–Kier alpha value is -2.41. The van der Waals surface area contributed by atoms with Gasteiger partial charge in [-0.25, -0.2) is 0 Å². The van der Waals surface area contributed by atoms with Gasteiger partial charge in [0.15, 0.2) is 0 Å². The van der Waals surface area contributed by atoms with E-state index in [4.69, 9.17) is 10.00 Å². The van der Waals surface area contributed by atoms with Crippen molar-refractivity contribution in [1.29, 1.82) is 5.26 Å². The van der Waals surface area contributed by atoms with Crippen LogP contribution in [0.5, 0.6) is 5.75 Å². The van der Waals surface area contributed by atoms with E-state index in [-0.39, 0.29) is 0 Å². The number of benzene rings is 1. The molecular weight excluding hydrogens is 250 g/mol. The van der Waals surface area contributed by atoms with Gasteiger partial charge in [-0.05, 0) is 62.1 Å². The van der Waals surface area contributed by atoms with Crippen LogP contribution in [0.3, 0.4) is 0 Å². The molecule has 0 saturated heterocycles. The van der Waals surface area contributed by atoms with Crippen molar-refractivity contribution in [3.8, 4) is 11.8 Å². The molecule has 102 valence electrons. The van der Waals surface area contributed by atoms with Crippen molar-refractivity contribution in [3.05, 3.63) is 52.8 Å². The van der Waals surface area contributed by atoms with Gasteiger partial charge in [-0.2, -0.15) is 15.5 Å². The number of rotatable bonds is 5. The number of nitrogens with zero attached hydrogens (tertiary/aromatic N) is 3. The number of hydrogen-bond donors (Lipinski definition) is 0. The van der Waals surface area contributed by atoms with Crippen LogP contribution in [-0.4, -0.2) is 16.8 Å². The van der Waals surface area contributed by atoms with Gasteiger partial charge in [0.1, 0.15) is 5.75 Å². The Morgan fingerprint density at radius 2 is 2.00 bits per heavy atom. The van der Waals surface area contributed by atoms with E-state index in [1.54, 1.807) is 6.20 Å². The van der Waals surface area contributed by atoms with Gasteiger partial charge in [-0.3, -0.25) is 0 Å². The summed E-state index contributed by atoms with van der Waals surface area (Å²) in [4.78, 5) is 0. The highest BCUT2D eigenvalue weighted by Gasteiger charge is 2.06. The second-order valence-corrected chi connectivity index (χ2v) is 4.72. The average molecular weight is 267 g/mol. The Morgan fingerprint density at radius 3 is 2.60 bits per heavy atom. The molecule has 4 heteroatoms. The van der Waals surface area contributed by atoms with Crippen LogP contribution in [0.2, 0.25) is 0 Å². The van der Waals surface area contributed by atoms with E-state index in [0.29, 0.717) is 12.2 Å². The second kappa shape index (κ2) is 6.67. The largest absolute Gasteiger partial charge is 0.493 e. The molecule has 0 spiro atoms. The Kier molecular flexibility index (Phi) is 4.67. The second-order valence-electron chi connectivity index (χ2n) is 4.72. The summed E-state index contributed by atoms with van der Waals surface area (Å²) in [6.07, 6.45) is 3.41. The molecule has 0 bridgehead atoms. The van der Waals surface area contributed by atoms with Crippen molar-refractivity contribution in [2.45, 2.75) is 26.7 Å². The lowest BCUT2D eigenvalue weighted by Crippen LogP contribution is -2.03. The summed E-state index contributed by atoms with van der Waals surface area (Å²) in [6.45, 7) is 4.56. The van der Waals surface area contributed by atoms with Gasteiger partial charge in [0, 0.05) is 6.20 Å². The van der Waals surface area contributed by atoms with Gasteiger partial charge >= 0.3 is 0 Å². The van der Waals surface area contributed by atoms with Crippen LogP contribution in [0.1, 0.15) is 28.8 Å². The number of ether oxygens (including phenoxy) is 1. The molecule has 0 aliphatic carbocycles. The lowest BCUT2D eigenvalue weighted by molar-refractivity contribution is 0.306. The molecule has 0 saturated carbocycles. The first-order valence-corrected chi connectivity index (χ1v) is 6.61. The predicted octanol–water partition coefficient (Wildman–Crippen LogP) is 2.98. The minimum Gasteiger partial charge on any atom is -0.493 e. The smallest absolute Gasteiger partial charge is 0.125 e. The van der Waals surface area contributed by atoms with Gasteiger partial charge in [0.2, 0.25) is 0 Å². The first-order valence-electron chi connectivity index (χ1n) is 6.61. The molecule has 0 radical (unpaired) electrons. The standard InChI is InChI=1S/C16H17N3O/c1-12-9-14(11-17)10-13(2)16(12)20-8-4-6-15-5-3-7-18-19-15/h3,5,7,9-10H,4,6,8H2,1-2H3. The van der Waals surface area contributed by atoms with Crippen molar-refractivity contribution in [2.75, 3.05) is 6.61 Å². The Balaban J connectivity index is 1.90. The third-order valence-electron chi connectivity index (χ3n) is 3.04. The summed E-state index contributed by atoms with van der Waals surface area (Å²) in [5.41, 5.74) is 3.65. The van der Waals surface area contributed by atoms with Crippen LogP contribution in [0.4, 0.5) is 0 Å². The van der Waals surface area contributed by atoms with Crippen LogP contribution in [0.15, 0.2) is 30.5 Å². The summed E-state index contributed by atoms with van der Waals surface area (Å²) >= 11 is 0. The first-order chi connectivity index (χ1) is 9.70. The quantitative estimate of drug-likeness (QED) is 0.781. The van der Waals surface area contributed by atoms with E-state index in [0.717, 1.165) is 35.4 Å². The van der Waals surface area contributed by atoms with Crippen LogP contribution in [0, 0.1) is 25.2 Å². The van der Waals surface area contributed by atoms with Crippen LogP contribution in [-0.2, 0) is 6.42 Å². The van der Waals surface area contributed by atoms with Crippen LogP contribution in [0.25, 0.3) is 0 Å². The molecule has 0 fully saturated rings. The van der Waals surface area contributed by atoms with Crippen molar-refractivity contribution >= 4 is 0 Å². The summed E-state index contributed by atoms with van der Waals surface area (Å²) < 4.78 is 5.83. The molecule has 1 aromatic carbocycles. The summed E-state index contributed by atoms with van der Waals surface area (Å²) in [6, 6.07) is 9.71. The predicted molar refractivity (Wildman–Crippen MR) is 76.5 cm³/mol. The van der Waals surface area contributed by atoms with Crippen molar-refractivity contribution < 1.29 is 4.74 Å². The average Bonchev–Trinajstić information content (AvgIpc) is 2.46. The maximum Gasteiger partial charge on any atom is 0.125 e. The van der Waals surface area contributed by atoms with Crippen molar-refractivity contribution in [3.63, 3.8) is 0 Å². The first kappa shape index (κ1) is 14.0. The number of nitriles is 1. The zero-order valence-electron chi connectivity index (χ0n) is 11.8. The Bertz CT molecular complexity index is 594. The van der Waals surface area contributed by atoms with Gasteiger partial charge in [-0.1, -0.05) is 0 Å². The molecular formula is C16H17N3O. The van der Waals surface area contributed by atoms with Crippen LogP contribution < -0.4 is 4.74 Å². The molecule has 0 atom stereocenters. The third kappa shape index (κ3) is 3.55. The summed E-state index contributed by atoms with van der Waals surface area (Å²) in [5, 5.41) is 16.8. The monoisotopic (exact) mass is 267 g/mol. The van der Waals surface area contributed by atoms with Gasteiger partial charge < -0.3 is 4.74 Å². The Labute approximate surface area is 119 Å². The summed E-state index contributed by atoms with van der Waals surface area (Å²) in [5.74, 6) is 0.878. The molecule has 2 rings (SSSR count). The summed E-state index contributed by atoms with van der Waals surface area (Å²) in [7, 11) is 0. The lowest BCUT2D eigenvalue weighted by Gasteiger charge is -2.12. The van der Waals surface area contributed by atoms with E-state index in [1.165, 1.54) is 0 Å². The van der Waals surface area contributed by atoms with E-state index in [1.807, 2.05) is 38.1 Å². The fourth-order valence-corrected chi connectivity index (χ4v) is 2.14. The molecule has 0 aliphatic heterocycles. The SMILES string of the molecule is Cc1cc(C#N)cc(C)c1OCCCc1cccnn1. The van der Waals surface area contributed by atoms with E-state index < -0.39 is 0 Å². The minimum absolute atomic E-state index is 0.629. The van der Waals surface area contributed by atoms with Gasteiger partial charge in [-0.15, -0.1) is 0 Å². The molecule has 0 N–H and O–H groups in total. The molecule has 20 heavy (non-hydrogen) atoms. The molecule has 2 aromatic rings. The van der Waals surface area contributed by atoms with E-state index in [9.17, 15) is 0 Å². The highest BCUT2D eigenvalue weighted by Crippen LogP contribution is 2.24. The highest BCUT2D eigenvalue weighted by atomic mass is 16.5. The fourth-order valence-electron chi connectivity index (χ4n) is 2.14. The highest BCUT2D eigenvalue weighted by molar-refractivity contribution is 5.47. The maximum absolute atomic E-state index is 8.91. The third-order valence-corrected chi connectivity index (χ3v) is 3.04. The van der Waals surface area contributed by atoms with Crippen LogP contribution >= 0.6 is 0 Å². The minimum atomic E-state index is 0.629. The molecule has 0 aliphatic rings. The van der Waals surface area contributed by atoms with Gasteiger partial charge in [0.05, 0.1) is 23.9 Å². The fraction of sp³-hybridized carbons (Fsp3) is 0.312. The topological polar surface area (TPSA) is 58.8 Å². The number of hydrogen-bond acceptors (Lipinski definition) is 4. The van der Waals surface area contributed by atoms with E-state index >= 15 is 0 Å². The normalized spacial score (nSPS) is 10.1. The zero-order valence-corrected chi connectivity index (χ0v) is 11.8. The van der Waals surface area contributed by atoms with Crippen molar-refractivity contribution in [1.82, 2.24) is 10.2 Å². The maximum atomic E-state index is 8.91. The lowest BCUT2D eigenvalue weighted by atomic mass is 10.1. The molecule has 1 heterocycles. The molecule has 0 amide bonds. The molecule has 4 nitrogen and oxygen atoms in total. The molecule has 1 aromatic heterocycles. The molecule has 0 unspecified atom stereocenters.